The minimum absolute atomic E-state index is 0.225. The molecule has 0 saturated carbocycles. The molecule has 0 bridgehead atoms. The Morgan fingerprint density at radius 2 is 1.93 bits per heavy atom. The van der Waals surface area contributed by atoms with Gasteiger partial charge in [-0.05, 0) is 81.9 Å². The van der Waals surface area contributed by atoms with Gasteiger partial charge in [0.05, 0.1) is 43.7 Å². The van der Waals surface area contributed by atoms with E-state index < -0.39 is 11.6 Å². The molecule has 3 N–H and O–H groups in total. The van der Waals surface area contributed by atoms with Crippen LogP contribution in [-0.4, -0.2) is 55.8 Å². The number of ether oxygens (including phenoxy) is 2. The van der Waals surface area contributed by atoms with Gasteiger partial charge < -0.3 is 20.4 Å². The maximum absolute atomic E-state index is 13.3. The fraction of sp³-hybridized carbons (Fsp3) is 0.485. The number of hydrogen-bond donors (Lipinski definition) is 2. The van der Waals surface area contributed by atoms with E-state index in [1.807, 2.05) is 45.9 Å². The number of hydrogen-bond acceptors (Lipinski definition) is 9. The van der Waals surface area contributed by atoms with Crippen LogP contribution in [0.1, 0.15) is 100 Å². The molecular weight excluding hydrogens is 544 g/mol. The van der Waals surface area contributed by atoms with E-state index in [0.717, 1.165) is 41.5 Å². The Morgan fingerprint density at radius 3 is 2.49 bits per heavy atom. The second kappa shape index (κ2) is 16.7. The number of aromatic nitrogens is 3. The molecule has 1 atom stereocenters. The highest BCUT2D eigenvalue weighted by Crippen LogP contribution is 2.30. The van der Waals surface area contributed by atoms with Gasteiger partial charge in [0.1, 0.15) is 17.0 Å². The first kappa shape index (κ1) is 35.3. The normalized spacial score (nSPS) is 14.4. The largest absolute Gasteiger partial charge is 0.456 e. The molecule has 1 aromatic carbocycles. The van der Waals surface area contributed by atoms with E-state index in [4.69, 9.17) is 15.3 Å². The Morgan fingerprint density at radius 1 is 1.21 bits per heavy atom. The maximum Gasteiger partial charge on any atom is 0.338 e. The number of aliphatic hydroxyl groups is 1. The van der Waals surface area contributed by atoms with Gasteiger partial charge in [0.25, 0.3) is 0 Å². The van der Waals surface area contributed by atoms with Gasteiger partial charge in [-0.1, -0.05) is 56.4 Å². The molecule has 10 nitrogen and oxygen atoms in total. The number of nitrogens with zero attached hydrogens (tertiary/aromatic N) is 5. The van der Waals surface area contributed by atoms with Crippen LogP contribution in [0.25, 0.3) is 5.57 Å². The molecule has 1 heterocycles. The number of esters is 1. The van der Waals surface area contributed by atoms with Crippen molar-refractivity contribution in [1.29, 1.82) is 0 Å². The van der Waals surface area contributed by atoms with Gasteiger partial charge in [-0.3, -0.25) is 4.99 Å². The number of allylic oxidation sites excluding steroid dienone is 5. The number of aliphatic imine (C=N–C) groups is 1. The molecule has 0 amide bonds. The van der Waals surface area contributed by atoms with Crippen molar-refractivity contribution in [2.45, 2.75) is 98.6 Å². The Balaban J connectivity index is 2.62. The highest BCUT2D eigenvalue weighted by Gasteiger charge is 2.23. The van der Waals surface area contributed by atoms with Crippen molar-refractivity contribution in [3.05, 3.63) is 77.2 Å². The van der Waals surface area contributed by atoms with Crippen LogP contribution in [0.4, 0.5) is 0 Å². The minimum atomic E-state index is -0.674. The van der Waals surface area contributed by atoms with E-state index in [1.54, 1.807) is 35.3 Å². The molecule has 2 rings (SSSR count). The van der Waals surface area contributed by atoms with Crippen LogP contribution in [0.3, 0.4) is 0 Å². The molecule has 0 aliphatic rings. The van der Waals surface area contributed by atoms with Crippen LogP contribution in [-0.2, 0) is 29.2 Å². The maximum atomic E-state index is 13.3. The average molecular weight is 593 g/mol. The summed E-state index contributed by atoms with van der Waals surface area (Å²) in [6.07, 6.45) is 13.6. The lowest BCUT2D eigenvalue weighted by Crippen LogP contribution is -2.31. The quantitative estimate of drug-likeness (QED) is 0.0827. The molecule has 1 unspecified atom stereocenters. The van der Waals surface area contributed by atoms with Crippen LogP contribution in [0.15, 0.2) is 59.3 Å². The van der Waals surface area contributed by atoms with Gasteiger partial charge in [-0.2, -0.15) is 5.10 Å². The number of benzene rings is 1. The zero-order valence-corrected chi connectivity index (χ0v) is 26.8. The second-order valence-corrected chi connectivity index (χ2v) is 11.5. The SMILES string of the molecule is C=C/C=C(\C=C/C)c1c(CN=C/C(COC(C)(CC)CCC)=N\N)cc(C(=O)OC(C)(C)C)cc1Cn1cc(CO)nn1. The lowest BCUT2D eigenvalue weighted by atomic mass is 9.91. The van der Waals surface area contributed by atoms with Crippen molar-refractivity contribution in [3.8, 4) is 0 Å². The number of nitrogens with two attached hydrogens (primary N) is 1. The number of carbonyl (C=O) groups is 1. The Kier molecular flexibility index (Phi) is 13.7. The predicted octanol–water partition coefficient (Wildman–Crippen LogP) is 5.79. The molecule has 0 radical (unpaired) electrons. The highest BCUT2D eigenvalue weighted by molar-refractivity contribution is 6.31. The van der Waals surface area contributed by atoms with E-state index in [9.17, 15) is 9.90 Å². The van der Waals surface area contributed by atoms with Crippen molar-refractivity contribution in [2.24, 2.45) is 15.9 Å². The van der Waals surface area contributed by atoms with Gasteiger partial charge in [-0.25, -0.2) is 9.48 Å². The minimum Gasteiger partial charge on any atom is -0.456 e. The van der Waals surface area contributed by atoms with E-state index in [2.05, 4.69) is 47.8 Å². The van der Waals surface area contributed by atoms with Crippen molar-refractivity contribution >= 4 is 23.5 Å². The van der Waals surface area contributed by atoms with E-state index in [-0.39, 0.29) is 31.9 Å². The fourth-order valence-electron chi connectivity index (χ4n) is 4.52. The van der Waals surface area contributed by atoms with Gasteiger partial charge in [0.15, 0.2) is 0 Å². The molecule has 0 spiro atoms. The molecule has 2 aromatic rings. The first-order valence-corrected chi connectivity index (χ1v) is 14.7. The topological polar surface area (TPSA) is 137 Å². The van der Waals surface area contributed by atoms with Gasteiger partial charge in [-0.15, -0.1) is 5.10 Å². The lowest BCUT2D eigenvalue weighted by molar-refractivity contribution is -0.0199. The summed E-state index contributed by atoms with van der Waals surface area (Å²) in [5.41, 5.74) is 3.72. The summed E-state index contributed by atoms with van der Waals surface area (Å²) >= 11 is 0. The molecule has 43 heavy (non-hydrogen) atoms. The first-order valence-electron chi connectivity index (χ1n) is 14.7. The summed E-state index contributed by atoms with van der Waals surface area (Å²) in [5, 5.41) is 21.6. The fourth-order valence-corrected chi connectivity index (χ4v) is 4.52. The Bertz CT molecular complexity index is 1350. The molecule has 1 aromatic heterocycles. The number of carbonyl (C=O) groups excluding carboxylic acids is 1. The van der Waals surface area contributed by atoms with Crippen LogP contribution < -0.4 is 5.84 Å². The van der Waals surface area contributed by atoms with E-state index in [1.165, 1.54) is 0 Å². The summed E-state index contributed by atoms with van der Waals surface area (Å²) in [7, 11) is 0. The van der Waals surface area contributed by atoms with Crippen LogP contribution in [0.5, 0.6) is 0 Å². The van der Waals surface area contributed by atoms with Crippen molar-refractivity contribution in [2.75, 3.05) is 6.61 Å². The van der Waals surface area contributed by atoms with Crippen molar-refractivity contribution < 1.29 is 19.4 Å². The molecule has 10 heteroatoms. The summed E-state index contributed by atoms with van der Waals surface area (Å²) < 4.78 is 13.5. The zero-order chi connectivity index (χ0) is 32.0. The van der Waals surface area contributed by atoms with Crippen LogP contribution in [0.2, 0.25) is 0 Å². The lowest BCUT2D eigenvalue weighted by Gasteiger charge is -2.28. The van der Waals surface area contributed by atoms with Gasteiger partial charge in [0, 0.05) is 6.21 Å². The van der Waals surface area contributed by atoms with E-state index >= 15 is 0 Å². The summed E-state index contributed by atoms with van der Waals surface area (Å²) in [6.45, 7) is 18.2. The molecule has 234 valence electrons. The highest BCUT2D eigenvalue weighted by atomic mass is 16.6. The number of rotatable bonds is 16. The number of aliphatic hydroxyl groups excluding tert-OH is 1. The monoisotopic (exact) mass is 592 g/mol. The first-order chi connectivity index (χ1) is 20.4. The zero-order valence-electron chi connectivity index (χ0n) is 26.8. The molecule has 0 aliphatic carbocycles. The third-order valence-corrected chi connectivity index (χ3v) is 6.71. The molecule has 0 fully saturated rings. The van der Waals surface area contributed by atoms with Crippen LogP contribution in [0, 0.1) is 0 Å². The smallest absolute Gasteiger partial charge is 0.338 e. The van der Waals surface area contributed by atoms with Gasteiger partial charge >= 0.3 is 5.97 Å². The standard InChI is InChI=1S/C33H48N6O4/c1-9-13-24(14-10-2)30-26(18-35-19-28(36-34)23-42-33(8,12-4)15-11-3)16-25(31(41)43-32(5,6)7)17-27(30)20-39-21-29(22-40)37-38-39/h9-10,13-14,16-17,19,21,40H,1,11-12,15,18,20,22-23,34H2,2-8H3/b14-10-,24-13+,35-19?,36-28+. The molecule has 0 aliphatic heterocycles. The van der Waals surface area contributed by atoms with Crippen molar-refractivity contribution in [1.82, 2.24) is 15.0 Å². The molecular formula is C33H48N6O4. The number of hydrazone groups is 1. The predicted molar refractivity (Wildman–Crippen MR) is 173 cm³/mol. The Hall–Kier alpha value is -3.89. The average Bonchev–Trinajstić information content (AvgIpc) is 3.41. The van der Waals surface area contributed by atoms with Crippen LogP contribution >= 0.6 is 0 Å². The van der Waals surface area contributed by atoms with Crippen molar-refractivity contribution in [3.63, 3.8) is 0 Å². The third-order valence-electron chi connectivity index (χ3n) is 6.71. The Labute approximate surface area is 256 Å². The van der Waals surface area contributed by atoms with E-state index in [0.29, 0.717) is 17.0 Å². The summed E-state index contributed by atoms with van der Waals surface area (Å²) in [6, 6.07) is 3.60. The summed E-state index contributed by atoms with van der Waals surface area (Å²) in [5.74, 6) is 5.24. The third kappa shape index (κ3) is 11.0. The molecule has 0 saturated heterocycles. The van der Waals surface area contributed by atoms with Gasteiger partial charge in [0.2, 0.25) is 0 Å². The summed E-state index contributed by atoms with van der Waals surface area (Å²) in [4.78, 5) is 17.9. The second-order valence-electron chi connectivity index (χ2n) is 11.5.